The molecular weight excluding hydrogens is 419 g/mol. The Hall–Kier alpha value is -3.67. The van der Waals surface area contributed by atoms with Gasteiger partial charge in [-0.05, 0) is 54.3 Å². The highest BCUT2D eigenvalue weighted by atomic mass is 19.1. The van der Waals surface area contributed by atoms with E-state index in [1.165, 1.54) is 12.1 Å². The van der Waals surface area contributed by atoms with Gasteiger partial charge in [0.2, 0.25) is 11.8 Å². The number of amides is 2. The molecular formula is C27H25FN2O3. The summed E-state index contributed by atoms with van der Waals surface area (Å²) in [6, 6.07) is 23.5. The first-order valence-electron chi connectivity index (χ1n) is 11.2. The number of carbonyl (C=O) groups excluding carboxylic acids is 2. The molecule has 1 aliphatic heterocycles. The first kappa shape index (κ1) is 21.2. The summed E-state index contributed by atoms with van der Waals surface area (Å²) < 4.78 is 19.1. The maximum Gasteiger partial charge on any atom is 0.240 e. The SMILES string of the molecule is O=C(CN1C(=O)[C@@]2(COc3ccc(F)cc3)C[C@H]2c2ccccc21)NCCc1ccccc1. The van der Waals surface area contributed by atoms with E-state index in [9.17, 15) is 14.0 Å². The van der Waals surface area contributed by atoms with E-state index in [0.29, 0.717) is 18.7 Å². The predicted molar refractivity (Wildman–Crippen MR) is 124 cm³/mol. The number of fused-ring (bicyclic) bond motifs is 3. The molecule has 1 saturated carbocycles. The molecule has 0 unspecified atom stereocenters. The molecule has 168 valence electrons. The largest absolute Gasteiger partial charge is 0.492 e. The Bertz CT molecular complexity index is 1170. The van der Waals surface area contributed by atoms with Gasteiger partial charge in [-0.1, -0.05) is 48.5 Å². The third-order valence-electron chi connectivity index (χ3n) is 6.54. The summed E-state index contributed by atoms with van der Waals surface area (Å²) in [5.41, 5.74) is 2.32. The third kappa shape index (κ3) is 4.21. The van der Waals surface area contributed by atoms with Crippen molar-refractivity contribution in [1.29, 1.82) is 0 Å². The molecule has 2 amide bonds. The Balaban J connectivity index is 1.28. The van der Waals surface area contributed by atoms with Crippen molar-refractivity contribution in [3.8, 4) is 5.75 Å². The molecule has 0 spiro atoms. The molecule has 2 aliphatic rings. The lowest BCUT2D eigenvalue weighted by Crippen LogP contribution is -2.48. The van der Waals surface area contributed by atoms with Crippen LogP contribution >= 0.6 is 0 Å². The Morgan fingerprint density at radius 1 is 1.03 bits per heavy atom. The number of rotatable bonds is 8. The van der Waals surface area contributed by atoms with E-state index < -0.39 is 5.41 Å². The van der Waals surface area contributed by atoms with Gasteiger partial charge in [0.1, 0.15) is 24.7 Å². The van der Waals surface area contributed by atoms with Crippen LogP contribution in [0.15, 0.2) is 78.9 Å². The maximum absolute atomic E-state index is 13.6. The molecule has 0 aromatic heterocycles. The average Bonchev–Trinajstić information content (AvgIpc) is 3.59. The fourth-order valence-corrected chi connectivity index (χ4v) is 4.67. The Morgan fingerprint density at radius 3 is 2.55 bits per heavy atom. The lowest BCUT2D eigenvalue weighted by molar-refractivity contribution is -0.128. The van der Waals surface area contributed by atoms with Gasteiger partial charge in [-0.3, -0.25) is 9.59 Å². The number of para-hydroxylation sites is 1. The number of ether oxygens (including phenoxy) is 1. The van der Waals surface area contributed by atoms with Crippen LogP contribution < -0.4 is 15.0 Å². The monoisotopic (exact) mass is 444 g/mol. The van der Waals surface area contributed by atoms with Crippen LogP contribution in [0, 0.1) is 11.2 Å². The van der Waals surface area contributed by atoms with E-state index >= 15 is 0 Å². The zero-order valence-corrected chi connectivity index (χ0v) is 18.2. The molecule has 1 fully saturated rings. The van der Waals surface area contributed by atoms with Crippen LogP contribution in [0.1, 0.15) is 23.5 Å². The van der Waals surface area contributed by atoms with Crippen LogP contribution in [0.4, 0.5) is 10.1 Å². The Labute approximate surface area is 192 Å². The normalized spacial score (nSPS) is 20.6. The van der Waals surface area contributed by atoms with Crippen LogP contribution in [0.5, 0.6) is 5.75 Å². The van der Waals surface area contributed by atoms with Crippen molar-refractivity contribution in [2.24, 2.45) is 5.41 Å². The molecule has 5 nitrogen and oxygen atoms in total. The minimum absolute atomic E-state index is 0.0321. The summed E-state index contributed by atoms with van der Waals surface area (Å²) in [7, 11) is 0. The van der Waals surface area contributed by atoms with Gasteiger partial charge >= 0.3 is 0 Å². The Morgan fingerprint density at radius 2 is 1.76 bits per heavy atom. The highest BCUT2D eigenvalue weighted by Gasteiger charge is 2.66. The van der Waals surface area contributed by atoms with Gasteiger partial charge in [0.05, 0.1) is 5.41 Å². The predicted octanol–water partition coefficient (Wildman–Crippen LogP) is 4.08. The molecule has 33 heavy (non-hydrogen) atoms. The molecule has 0 bridgehead atoms. The first-order valence-corrected chi connectivity index (χ1v) is 11.2. The molecule has 1 aliphatic carbocycles. The van der Waals surface area contributed by atoms with Crippen molar-refractivity contribution in [1.82, 2.24) is 5.32 Å². The van der Waals surface area contributed by atoms with Crippen LogP contribution in [-0.4, -0.2) is 31.5 Å². The summed E-state index contributed by atoms with van der Waals surface area (Å²) in [6.45, 7) is 0.673. The Kier molecular flexibility index (Phi) is 5.58. The summed E-state index contributed by atoms with van der Waals surface area (Å²) in [5, 5.41) is 2.93. The average molecular weight is 445 g/mol. The van der Waals surface area contributed by atoms with Crippen LogP contribution in [0.3, 0.4) is 0 Å². The lowest BCUT2D eigenvalue weighted by atomic mass is 9.92. The fourth-order valence-electron chi connectivity index (χ4n) is 4.67. The van der Waals surface area contributed by atoms with Gasteiger partial charge in [0.15, 0.2) is 0 Å². The highest BCUT2D eigenvalue weighted by molar-refractivity contribution is 6.07. The van der Waals surface area contributed by atoms with Crippen LogP contribution in [0.2, 0.25) is 0 Å². The molecule has 6 heteroatoms. The highest BCUT2D eigenvalue weighted by Crippen LogP contribution is 2.65. The number of halogens is 1. The van der Waals surface area contributed by atoms with E-state index in [-0.39, 0.29) is 36.7 Å². The number of nitrogens with one attached hydrogen (secondary N) is 1. The van der Waals surface area contributed by atoms with Crippen molar-refractivity contribution in [2.45, 2.75) is 18.8 Å². The number of anilines is 1. The van der Waals surface area contributed by atoms with Crippen LogP contribution in [-0.2, 0) is 16.0 Å². The fraction of sp³-hybridized carbons (Fsp3) is 0.259. The molecule has 1 heterocycles. The first-order chi connectivity index (χ1) is 16.1. The standard InChI is InChI=1S/C27H25FN2O3/c28-20-10-12-21(13-11-20)33-18-27-16-23(27)22-8-4-5-9-24(22)30(26(27)32)17-25(31)29-15-14-19-6-2-1-3-7-19/h1-13,23H,14-18H2,(H,29,31)/t23-,27+/m0/s1. The van der Waals surface area contributed by atoms with E-state index in [0.717, 1.165) is 23.2 Å². The molecule has 5 rings (SSSR count). The molecule has 3 aromatic carbocycles. The van der Waals surface area contributed by atoms with Gasteiger partial charge in [-0.25, -0.2) is 4.39 Å². The quantitative estimate of drug-likeness (QED) is 0.570. The third-order valence-corrected chi connectivity index (χ3v) is 6.54. The minimum Gasteiger partial charge on any atom is -0.492 e. The number of benzene rings is 3. The smallest absolute Gasteiger partial charge is 0.240 e. The van der Waals surface area contributed by atoms with Gasteiger partial charge in [0.25, 0.3) is 0 Å². The maximum atomic E-state index is 13.6. The number of hydrogen-bond donors (Lipinski definition) is 1. The molecule has 0 radical (unpaired) electrons. The lowest BCUT2D eigenvalue weighted by Gasteiger charge is -2.33. The van der Waals surface area contributed by atoms with E-state index in [2.05, 4.69) is 5.32 Å². The van der Waals surface area contributed by atoms with Gasteiger partial charge in [-0.15, -0.1) is 0 Å². The van der Waals surface area contributed by atoms with E-state index in [4.69, 9.17) is 4.74 Å². The molecule has 1 N–H and O–H groups in total. The van der Waals surface area contributed by atoms with Gasteiger partial charge < -0.3 is 15.0 Å². The summed E-state index contributed by atoms with van der Waals surface area (Å²) >= 11 is 0. The number of nitrogens with zero attached hydrogens (tertiary/aromatic N) is 1. The van der Waals surface area contributed by atoms with Crippen molar-refractivity contribution < 1.29 is 18.7 Å². The second-order valence-electron chi connectivity index (χ2n) is 8.69. The minimum atomic E-state index is -0.687. The summed E-state index contributed by atoms with van der Waals surface area (Å²) in [5.74, 6) is -0.0291. The zero-order valence-electron chi connectivity index (χ0n) is 18.2. The summed E-state index contributed by atoms with van der Waals surface area (Å²) in [4.78, 5) is 27.9. The second-order valence-corrected chi connectivity index (χ2v) is 8.69. The van der Waals surface area contributed by atoms with Crippen molar-refractivity contribution >= 4 is 17.5 Å². The molecule has 0 saturated heterocycles. The van der Waals surface area contributed by atoms with E-state index in [1.54, 1.807) is 17.0 Å². The van der Waals surface area contributed by atoms with Gasteiger partial charge in [-0.2, -0.15) is 0 Å². The van der Waals surface area contributed by atoms with Crippen molar-refractivity contribution in [3.05, 3.63) is 95.8 Å². The topological polar surface area (TPSA) is 58.6 Å². The van der Waals surface area contributed by atoms with Crippen molar-refractivity contribution in [3.63, 3.8) is 0 Å². The number of hydrogen-bond acceptors (Lipinski definition) is 3. The zero-order chi connectivity index (χ0) is 22.8. The molecule has 2 atom stereocenters. The summed E-state index contributed by atoms with van der Waals surface area (Å²) in [6.07, 6.45) is 1.41. The molecule has 3 aromatic rings. The number of carbonyl (C=O) groups is 2. The van der Waals surface area contributed by atoms with Gasteiger partial charge in [0, 0.05) is 18.2 Å². The second kappa shape index (κ2) is 8.70. The van der Waals surface area contributed by atoms with E-state index in [1.807, 2.05) is 54.6 Å². The van der Waals surface area contributed by atoms with Crippen LogP contribution in [0.25, 0.3) is 0 Å². The van der Waals surface area contributed by atoms with Crippen molar-refractivity contribution in [2.75, 3.05) is 24.6 Å².